The van der Waals surface area contributed by atoms with Gasteiger partial charge in [-0.05, 0) is 11.6 Å². The number of hydrogen-bond donors (Lipinski definition) is 2. The van der Waals surface area contributed by atoms with Gasteiger partial charge in [-0.2, -0.15) is 0 Å². The van der Waals surface area contributed by atoms with E-state index in [9.17, 15) is 4.79 Å². The normalized spacial score (nSPS) is 10.1. The lowest BCUT2D eigenvalue weighted by Gasteiger charge is -2.05. The van der Waals surface area contributed by atoms with E-state index in [-0.39, 0.29) is 5.91 Å². The third-order valence-corrected chi connectivity index (χ3v) is 2.99. The van der Waals surface area contributed by atoms with Crippen LogP contribution in [0.2, 0.25) is 0 Å². The van der Waals surface area contributed by atoms with Crippen LogP contribution in [0.25, 0.3) is 0 Å². The molecule has 0 aliphatic rings. The van der Waals surface area contributed by atoms with Gasteiger partial charge in [-0.1, -0.05) is 18.2 Å². The molecule has 3 N–H and O–H groups in total. The van der Waals surface area contributed by atoms with E-state index >= 15 is 0 Å². The number of benzene rings is 1. The van der Waals surface area contributed by atoms with E-state index in [0.717, 1.165) is 11.3 Å². The summed E-state index contributed by atoms with van der Waals surface area (Å²) in [5.74, 6) is -0.0455. The Bertz CT molecular complexity index is 496. The average Bonchev–Trinajstić information content (AvgIpc) is 2.82. The zero-order valence-electron chi connectivity index (χ0n) is 9.22. The lowest BCUT2D eigenvalue weighted by molar-refractivity contribution is -0.120. The maximum Gasteiger partial charge on any atom is 0.224 e. The number of nitrogens with one attached hydrogen (secondary N) is 1. The van der Waals surface area contributed by atoms with E-state index in [1.165, 1.54) is 11.3 Å². The Kier molecular flexibility index (Phi) is 3.72. The highest BCUT2D eigenvalue weighted by atomic mass is 32.1. The number of para-hydroxylation sites is 1. The molecule has 0 saturated carbocycles. The quantitative estimate of drug-likeness (QED) is 0.806. The van der Waals surface area contributed by atoms with Crippen LogP contribution in [0.5, 0.6) is 0 Å². The second kappa shape index (κ2) is 5.45. The van der Waals surface area contributed by atoms with Crippen molar-refractivity contribution in [3.05, 3.63) is 46.4 Å². The highest BCUT2D eigenvalue weighted by molar-refractivity contribution is 7.07. The Morgan fingerprint density at radius 3 is 2.94 bits per heavy atom. The standard InChI is InChI=1S/C12H13N3OS/c13-11-4-2-1-3-9(11)5-12(16)14-6-10-7-17-8-15-10/h1-4,7-8H,5-6,13H2,(H,14,16). The summed E-state index contributed by atoms with van der Waals surface area (Å²) in [6.45, 7) is 0.467. The molecule has 0 saturated heterocycles. The maximum atomic E-state index is 11.7. The zero-order valence-corrected chi connectivity index (χ0v) is 10.0. The molecule has 0 aliphatic heterocycles. The Morgan fingerprint density at radius 1 is 1.41 bits per heavy atom. The number of thiazole rings is 1. The molecular formula is C12H13N3OS. The van der Waals surface area contributed by atoms with Crippen LogP contribution in [0.3, 0.4) is 0 Å². The van der Waals surface area contributed by atoms with Gasteiger partial charge < -0.3 is 11.1 Å². The minimum atomic E-state index is -0.0455. The fraction of sp³-hybridized carbons (Fsp3) is 0.167. The predicted octanol–water partition coefficient (Wildman–Crippen LogP) is 1.58. The zero-order chi connectivity index (χ0) is 12.1. The first-order chi connectivity index (χ1) is 8.25. The molecule has 0 unspecified atom stereocenters. The summed E-state index contributed by atoms with van der Waals surface area (Å²) in [6, 6.07) is 7.38. The summed E-state index contributed by atoms with van der Waals surface area (Å²) in [6.07, 6.45) is 0.302. The number of carbonyl (C=O) groups is 1. The number of amides is 1. The Balaban J connectivity index is 1.87. The molecule has 88 valence electrons. The van der Waals surface area contributed by atoms with Gasteiger partial charge in [-0.25, -0.2) is 4.98 Å². The number of nitrogens with zero attached hydrogens (tertiary/aromatic N) is 1. The molecule has 1 heterocycles. The second-order valence-corrected chi connectivity index (χ2v) is 4.35. The third kappa shape index (κ3) is 3.29. The van der Waals surface area contributed by atoms with Gasteiger partial charge in [-0.3, -0.25) is 4.79 Å². The number of nitrogen functional groups attached to an aromatic ring is 1. The molecule has 0 atom stereocenters. The Morgan fingerprint density at radius 2 is 2.24 bits per heavy atom. The van der Waals surface area contributed by atoms with Crippen molar-refractivity contribution in [3.63, 3.8) is 0 Å². The van der Waals surface area contributed by atoms with Crippen molar-refractivity contribution in [2.45, 2.75) is 13.0 Å². The number of carbonyl (C=O) groups excluding carboxylic acids is 1. The van der Waals surface area contributed by atoms with Crippen molar-refractivity contribution >= 4 is 22.9 Å². The minimum absolute atomic E-state index is 0.0455. The molecule has 17 heavy (non-hydrogen) atoms. The van der Waals surface area contributed by atoms with Crippen molar-refractivity contribution in [2.75, 3.05) is 5.73 Å². The summed E-state index contributed by atoms with van der Waals surface area (Å²) >= 11 is 1.52. The van der Waals surface area contributed by atoms with Crippen LogP contribution < -0.4 is 11.1 Å². The molecule has 0 fully saturated rings. The van der Waals surface area contributed by atoms with Crippen LogP contribution in [0.4, 0.5) is 5.69 Å². The van der Waals surface area contributed by atoms with Crippen LogP contribution in [0.1, 0.15) is 11.3 Å². The number of aromatic nitrogens is 1. The van der Waals surface area contributed by atoms with Gasteiger partial charge in [0.1, 0.15) is 0 Å². The van der Waals surface area contributed by atoms with Crippen molar-refractivity contribution in [3.8, 4) is 0 Å². The van der Waals surface area contributed by atoms with Gasteiger partial charge in [0.05, 0.1) is 24.2 Å². The van der Waals surface area contributed by atoms with Gasteiger partial charge in [-0.15, -0.1) is 11.3 Å². The lowest BCUT2D eigenvalue weighted by atomic mass is 10.1. The van der Waals surface area contributed by atoms with Crippen molar-refractivity contribution < 1.29 is 4.79 Å². The molecule has 1 aromatic heterocycles. The van der Waals surface area contributed by atoms with Gasteiger partial charge in [0.2, 0.25) is 5.91 Å². The van der Waals surface area contributed by atoms with Crippen molar-refractivity contribution in [2.24, 2.45) is 0 Å². The Hall–Kier alpha value is -1.88. The lowest BCUT2D eigenvalue weighted by Crippen LogP contribution is -2.25. The molecule has 2 aromatic rings. The minimum Gasteiger partial charge on any atom is -0.398 e. The summed E-state index contributed by atoms with van der Waals surface area (Å²) in [7, 11) is 0. The molecule has 0 bridgehead atoms. The van der Waals surface area contributed by atoms with E-state index < -0.39 is 0 Å². The monoisotopic (exact) mass is 247 g/mol. The van der Waals surface area contributed by atoms with Crippen LogP contribution in [-0.2, 0) is 17.8 Å². The fourth-order valence-electron chi connectivity index (χ4n) is 1.44. The third-order valence-electron chi connectivity index (χ3n) is 2.36. The average molecular weight is 247 g/mol. The molecule has 2 rings (SSSR count). The molecule has 5 heteroatoms. The molecule has 4 nitrogen and oxygen atoms in total. The van der Waals surface area contributed by atoms with E-state index in [0.29, 0.717) is 18.7 Å². The van der Waals surface area contributed by atoms with Gasteiger partial charge in [0.25, 0.3) is 0 Å². The fourth-order valence-corrected chi connectivity index (χ4v) is 2.00. The van der Waals surface area contributed by atoms with Crippen molar-refractivity contribution in [1.82, 2.24) is 10.3 Å². The second-order valence-electron chi connectivity index (χ2n) is 3.63. The molecular weight excluding hydrogens is 234 g/mol. The van der Waals surface area contributed by atoms with Crippen LogP contribution in [0, 0.1) is 0 Å². The van der Waals surface area contributed by atoms with Crippen LogP contribution in [-0.4, -0.2) is 10.9 Å². The largest absolute Gasteiger partial charge is 0.398 e. The summed E-state index contributed by atoms with van der Waals surface area (Å²) in [4.78, 5) is 15.8. The number of anilines is 1. The maximum absolute atomic E-state index is 11.7. The van der Waals surface area contributed by atoms with Crippen LogP contribution in [0.15, 0.2) is 35.2 Å². The highest BCUT2D eigenvalue weighted by Gasteiger charge is 2.06. The smallest absolute Gasteiger partial charge is 0.224 e. The first-order valence-electron chi connectivity index (χ1n) is 5.23. The van der Waals surface area contributed by atoms with E-state index in [4.69, 9.17) is 5.73 Å². The number of hydrogen-bond acceptors (Lipinski definition) is 4. The van der Waals surface area contributed by atoms with E-state index in [2.05, 4.69) is 10.3 Å². The topological polar surface area (TPSA) is 68.0 Å². The highest BCUT2D eigenvalue weighted by Crippen LogP contribution is 2.10. The van der Waals surface area contributed by atoms with E-state index in [1.807, 2.05) is 23.6 Å². The molecule has 1 amide bonds. The molecule has 0 radical (unpaired) electrons. The van der Waals surface area contributed by atoms with E-state index in [1.54, 1.807) is 11.6 Å². The first-order valence-corrected chi connectivity index (χ1v) is 6.17. The number of rotatable bonds is 4. The van der Waals surface area contributed by atoms with Gasteiger partial charge >= 0.3 is 0 Å². The van der Waals surface area contributed by atoms with Gasteiger partial charge in [0.15, 0.2) is 0 Å². The molecule has 0 spiro atoms. The SMILES string of the molecule is Nc1ccccc1CC(=O)NCc1cscn1. The van der Waals surface area contributed by atoms with Crippen molar-refractivity contribution in [1.29, 1.82) is 0 Å². The Labute approximate surface area is 103 Å². The summed E-state index contributed by atoms with van der Waals surface area (Å²) in [5, 5.41) is 4.72. The molecule has 1 aromatic carbocycles. The first kappa shape index (κ1) is 11.6. The summed E-state index contributed by atoms with van der Waals surface area (Å²) < 4.78 is 0. The predicted molar refractivity (Wildman–Crippen MR) is 68.5 cm³/mol. The van der Waals surface area contributed by atoms with Gasteiger partial charge in [0, 0.05) is 11.1 Å². The van der Waals surface area contributed by atoms with Crippen LogP contribution >= 0.6 is 11.3 Å². The summed E-state index contributed by atoms with van der Waals surface area (Å²) in [5.41, 5.74) is 9.89. The number of nitrogens with two attached hydrogens (primary N) is 1. The molecule has 0 aliphatic carbocycles.